The lowest BCUT2D eigenvalue weighted by atomic mass is 10.1. The fourth-order valence-corrected chi connectivity index (χ4v) is 3.68. The third-order valence-corrected chi connectivity index (χ3v) is 4.96. The monoisotopic (exact) mass is 369 g/mol. The fraction of sp³-hybridized carbons (Fsp3) is 0.0435. The van der Waals surface area contributed by atoms with Crippen molar-refractivity contribution in [1.29, 1.82) is 0 Å². The lowest BCUT2D eigenvalue weighted by molar-refractivity contribution is 0.415. The first kappa shape index (κ1) is 16.3. The van der Waals surface area contributed by atoms with E-state index in [1.807, 2.05) is 54.6 Å². The van der Waals surface area contributed by atoms with Crippen molar-refractivity contribution in [2.75, 3.05) is 7.11 Å². The lowest BCUT2D eigenvalue weighted by Crippen LogP contribution is -2.20. The average Bonchev–Trinajstić information content (AvgIpc) is 2.74. The summed E-state index contributed by atoms with van der Waals surface area (Å²) in [5.74, 6) is 0.531. The van der Waals surface area contributed by atoms with E-state index < -0.39 is 5.63 Å². The molecule has 28 heavy (non-hydrogen) atoms. The summed E-state index contributed by atoms with van der Waals surface area (Å²) in [7, 11) is 1.53. The van der Waals surface area contributed by atoms with Gasteiger partial charge in [-0.1, -0.05) is 30.3 Å². The molecular formula is C23H15NO4. The van der Waals surface area contributed by atoms with Gasteiger partial charge < -0.3 is 9.15 Å². The molecule has 136 valence electrons. The highest BCUT2D eigenvalue weighted by molar-refractivity contribution is 6.13. The van der Waals surface area contributed by atoms with Crippen LogP contribution in [-0.2, 0) is 0 Å². The number of fused-ring (bicyclic) bond motifs is 5. The number of ether oxygens (including phenoxy) is 1. The van der Waals surface area contributed by atoms with Gasteiger partial charge in [-0.2, -0.15) is 0 Å². The maximum Gasteiger partial charge on any atom is 0.344 e. The second-order valence-corrected chi connectivity index (χ2v) is 6.50. The summed E-state index contributed by atoms with van der Waals surface area (Å²) in [6.07, 6.45) is 0. The molecular weight excluding hydrogens is 354 g/mol. The number of hydrogen-bond acceptors (Lipinski definition) is 4. The molecule has 0 radical (unpaired) electrons. The smallest absolute Gasteiger partial charge is 0.344 e. The SMILES string of the molecule is COc1ccc2c(c1)c(=O)oc1c3ccccc3n(-c3ccccc3)c(=O)c21. The molecule has 0 bridgehead atoms. The van der Waals surface area contributed by atoms with E-state index in [2.05, 4.69) is 0 Å². The lowest BCUT2D eigenvalue weighted by Gasteiger charge is -2.13. The molecule has 5 heteroatoms. The number of benzene rings is 3. The van der Waals surface area contributed by atoms with Gasteiger partial charge in [0.05, 0.1) is 23.4 Å². The molecule has 0 atom stereocenters. The van der Waals surface area contributed by atoms with E-state index in [1.54, 1.807) is 22.8 Å². The van der Waals surface area contributed by atoms with Gasteiger partial charge in [0.2, 0.25) is 0 Å². The van der Waals surface area contributed by atoms with Crippen LogP contribution in [0.1, 0.15) is 0 Å². The van der Waals surface area contributed by atoms with Crippen LogP contribution in [0.2, 0.25) is 0 Å². The molecule has 0 aliphatic rings. The highest BCUT2D eigenvalue weighted by Gasteiger charge is 2.18. The van der Waals surface area contributed by atoms with Crippen LogP contribution in [0.3, 0.4) is 0 Å². The van der Waals surface area contributed by atoms with Gasteiger partial charge in [-0.3, -0.25) is 9.36 Å². The summed E-state index contributed by atoms with van der Waals surface area (Å²) in [5.41, 5.74) is 0.998. The normalized spacial score (nSPS) is 11.3. The zero-order chi connectivity index (χ0) is 19.3. The van der Waals surface area contributed by atoms with Crippen molar-refractivity contribution >= 4 is 32.6 Å². The van der Waals surface area contributed by atoms with Gasteiger partial charge in [-0.15, -0.1) is 0 Å². The Morgan fingerprint density at radius 2 is 1.57 bits per heavy atom. The average molecular weight is 369 g/mol. The minimum absolute atomic E-state index is 0.237. The molecule has 0 saturated carbocycles. The van der Waals surface area contributed by atoms with Crippen molar-refractivity contribution in [3.05, 3.63) is 93.6 Å². The fourth-order valence-electron chi connectivity index (χ4n) is 3.68. The van der Waals surface area contributed by atoms with Crippen molar-refractivity contribution in [3.63, 3.8) is 0 Å². The molecule has 0 unspecified atom stereocenters. The molecule has 0 aliphatic heterocycles. The van der Waals surface area contributed by atoms with E-state index in [1.165, 1.54) is 7.11 Å². The molecule has 0 spiro atoms. The quantitative estimate of drug-likeness (QED) is 0.436. The van der Waals surface area contributed by atoms with E-state index in [9.17, 15) is 9.59 Å². The first-order chi connectivity index (χ1) is 13.7. The van der Waals surface area contributed by atoms with Gasteiger partial charge in [0.15, 0.2) is 5.58 Å². The number of aromatic nitrogens is 1. The molecule has 2 heterocycles. The molecule has 0 amide bonds. The van der Waals surface area contributed by atoms with Crippen LogP contribution in [0.25, 0.3) is 38.3 Å². The van der Waals surface area contributed by atoms with Gasteiger partial charge in [0, 0.05) is 16.5 Å². The first-order valence-electron chi connectivity index (χ1n) is 8.83. The zero-order valence-corrected chi connectivity index (χ0v) is 15.0. The molecule has 0 N–H and O–H groups in total. The zero-order valence-electron chi connectivity index (χ0n) is 15.0. The Balaban J connectivity index is 2.08. The van der Waals surface area contributed by atoms with Gasteiger partial charge >= 0.3 is 5.63 Å². The number of methoxy groups -OCH3 is 1. The van der Waals surface area contributed by atoms with Crippen molar-refractivity contribution in [2.45, 2.75) is 0 Å². The maximum absolute atomic E-state index is 13.6. The Morgan fingerprint density at radius 3 is 2.36 bits per heavy atom. The second-order valence-electron chi connectivity index (χ2n) is 6.50. The molecule has 5 nitrogen and oxygen atoms in total. The minimum atomic E-state index is -0.497. The molecule has 0 aliphatic carbocycles. The number of rotatable bonds is 2. The van der Waals surface area contributed by atoms with E-state index in [0.717, 1.165) is 5.69 Å². The summed E-state index contributed by atoms with van der Waals surface area (Å²) in [6.45, 7) is 0. The van der Waals surface area contributed by atoms with Crippen molar-refractivity contribution in [3.8, 4) is 11.4 Å². The molecule has 2 aromatic heterocycles. The number of pyridine rings is 1. The molecule has 3 aromatic carbocycles. The van der Waals surface area contributed by atoms with Crippen molar-refractivity contribution in [1.82, 2.24) is 4.57 Å². The van der Waals surface area contributed by atoms with Crippen LogP contribution < -0.4 is 15.9 Å². The number of nitrogens with zero attached hydrogens (tertiary/aromatic N) is 1. The highest BCUT2D eigenvalue weighted by atomic mass is 16.5. The van der Waals surface area contributed by atoms with E-state index in [-0.39, 0.29) is 5.56 Å². The van der Waals surface area contributed by atoms with Crippen LogP contribution in [0.5, 0.6) is 5.75 Å². The summed E-state index contributed by atoms with van der Waals surface area (Å²) in [6, 6.07) is 21.9. The standard InChI is InChI=1S/C23H15NO4/c1-27-15-11-12-16-18(13-15)23(26)28-21-17-9-5-6-10-19(17)24(22(25)20(16)21)14-7-3-2-4-8-14/h2-13H,1H3. The Morgan fingerprint density at radius 1 is 0.821 bits per heavy atom. The summed E-state index contributed by atoms with van der Waals surface area (Å²) >= 11 is 0. The number of para-hydroxylation sites is 2. The Kier molecular flexibility index (Phi) is 3.55. The number of hydrogen-bond donors (Lipinski definition) is 0. The highest BCUT2D eigenvalue weighted by Crippen LogP contribution is 2.29. The van der Waals surface area contributed by atoms with Crippen molar-refractivity contribution < 1.29 is 9.15 Å². The van der Waals surface area contributed by atoms with Crippen LogP contribution in [-0.4, -0.2) is 11.7 Å². The Hall–Kier alpha value is -3.86. The minimum Gasteiger partial charge on any atom is -0.497 e. The summed E-state index contributed by atoms with van der Waals surface area (Å²) in [5, 5.41) is 1.95. The largest absolute Gasteiger partial charge is 0.497 e. The van der Waals surface area contributed by atoms with Crippen LogP contribution >= 0.6 is 0 Å². The third kappa shape index (κ3) is 2.26. The van der Waals surface area contributed by atoms with Crippen LogP contribution in [0, 0.1) is 0 Å². The molecule has 5 aromatic rings. The Bertz CT molecular complexity index is 1480. The molecule has 0 fully saturated rings. The second kappa shape index (κ2) is 6.09. The van der Waals surface area contributed by atoms with Gasteiger partial charge in [0.25, 0.3) is 5.56 Å². The predicted molar refractivity (Wildman–Crippen MR) is 110 cm³/mol. The van der Waals surface area contributed by atoms with Gasteiger partial charge in [-0.05, 0) is 42.5 Å². The Labute approximate surface area is 159 Å². The maximum atomic E-state index is 13.6. The van der Waals surface area contributed by atoms with Crippen LogP contribution in [0.4, 0.5) is 0 Å². The molecule has 5 rings (SSSR count). The van der Waals surface area contributed by atoms with E-state index in [4.69, 9.17) is 9.15 Å². The topological polar surface area (TPSA) is 61.4 Å². The van der Waals surface area contributed by atoms with Crippen molar-refractivity contribution in [2.24, 2.45) is 0 Å². The van der Waals surface area contributed by atoms with Gasteiger partial charge in [0.1, 0.15) is 5.75 Å². The summed E-state index contributed by atoms with van der Waals surface area (Å²) in [4.78, 5) is 26.2. The third-order valence-electron chi connectivity index (χ3n) is 4.96. The predicted octanol–water partition coefficient (Wildman–Crippen LogP) is 4.26. The van der Waals surface area contributed by atoms with E-state index in [0.29, 0.717) is 38.4 Å². The molecule has 0 saturated heterocycles. The summed E-state index contributed by atoms with van der Waals surface area (Å²) < 4.78 is 12.5. The van der Waals surface area contributed by atoms with Crippen LogP contribution in [0.15, 0.2) is 86.8 Å². The van der Waals surface area contributed by atoms with E-state index >= 15 is 0 Å². The van der Waals surface area contributed by atoms with Gasteiger partial charge in [-0.25, -0.2) is 4.79 Å². The first-order valence-corrected chi connectivity index (χ1v) is 8.83.